The summed E-state index contributed by atoms with van der Waals surface area (Å²) in [4.78, 5) is 33.3. The Labute approximate surface area is 173 Å². The Morgan fingerprint density at radius 3 is 1.93 bits per heavy atom. The normalized spacial score (nSPS) is 10.6. The first kappa shape index (κ1) is 19.3. The Kier molecular flexibility index (Phi) is 5.48. The zero-order chi connectivity index (χ0) is 20.9. The number of esters is 1. The van der Waals surface area contributed by atoms with Crippen LogP contribution in [0.25, 0.3) is 33.5 Å². The number of nitrogens with zero attached hydrogens (tertiary/aromatic N) is 2. The Hall–Kier alpha value is -4.06. The predicted octanol–water partition coefficient (Wildman–Crippen LogP) is 3.87. The van der Waals surface area contributed by atoms with Crippen LogP contribution in [0, 0.1) is 0 Å². The highest BCUT2D eigenvalue weighted by atomic mass is 16.5. The second kappa shape index (κ2) is 8.53. The van der Waals surface area contributed by atoms with Gasteiger partial charge in [0, 0.05) is 16.7 Å². The number of hydrogen-bond donors (Lipinski definition) is 1. The van der Waals surface area contributed by atoms with Gasteiger partial charge < -0.3 is 10.1 Å². The average molecular weight is 397 g/mol. The van der Waals surface area contributed by atoms with Crippen LogP contribution < -0.4 is 5.32 Å². The lowest BCUT2D eigenvalue weighted by Crippen LogP contribution is -2.30. The van der Waals surface area contributed by atoms with Gasteiger partial charge in [0.25, 0.3) is 5.91 Å². The van der Waals surface area contributed by atoms with E-state index in [1.165, 1.54) is 7.11 Å². The molecule has 0 bridgehead atoms. The fourth-order valence-electron chi connectivity index (χ4n) is 3.12. The molecule has 0 atom stereocenters. The summed E-state index contributed by atoms with van der Waals surface area (Å²) >= 11 is 0. The Bertz CT molecular complexity index is 1210. The van der Waals surface area contributed by atoms with Crippen molar-refractivity contribution in [3.05, 3.63) is 84.4 Å². The van der Waals surface area contributed by atoms with Crippen molar-refractivity contribution in [2.45, 2.75) is 0 Å². The molecule has 0 spiro atoms. The van der Waals surface area contributed by atoms with E-state index in [9.17, 15) is 9.59 Å². The van der Waals surface area contributed by atoms with Crippen LogP contribution in [0.2, 0.25) is 0 Å². The van der Waals surface area contributed by atoms with Crippen molar-refractivity contribution in [2.24, 2.45) is 0 Å². The van der Waals surface area contributed by atoms with Crippen molar-refractivity contribution in [1.82, 2.24) is 15.3 Å². The maximum atomic E-state index is 12.4. The van der Waals surface area contributed by atoms with Crippen molar-refractivity contribution in [3.63, 3.8) is 0 Å². The summed E-state index contributed by atoms with van der Waals surface area (Å²) in [6.07, 6.45) is 0. The molecular formula is C24H19N3O3. The van der Waals surface area contributed by atoms with Crippen molar-refractivity contribution in [2.75, 3.05) is 13.7 Å². The number of carbonyl (C=O) groups excluding carboxylic acids is 2. The van der Waals surface area contributed by atoms with Crippen molar-refractivity contribution in [1.29, 1.82) is 0 Å². The molecule has 0 saturated carbocycles. The first-order valence-electron chi connectivity index (χ1n) is 9.43. The molecule has 0 aliphatic rings. The molecule has 0 aliphatic heterocycles. The molecule has 1 aromatic heterocycles. The minimum absolute atomic E-state index is 0.193. The third-order valence-electron chi connectivity index (χ3n) is 4.64. The van der Waals surface area contributed by atoms with Gasteiger partial charge in [0.15, 0.2) is 0 Å². The molecule has 30 heavy (non-hydrogen) atoms. The maximum absolute atomic E-state index is 12.4. The first-order valence-corrected chi connectivity index (χ1v) is 9.43. The third-order valence-corrected chi connectivity index (χ3v) is 4.64. The molecule has 0 unspecified atom stereocenters. The average Bonchev–Trinajstić information content (AvgIpc) is 2.82. The van der Waals surface area contributed by atoms with E-state index >= 15 is 0 Å². The number of nitrogens with one attached hydrogen (secondary N) is 1. The van der Waals surface area contributed by atoms with Gasteiger partial charge in [-0.05, 0) is 18.2 Å². The van der Waals surface area contributed by atoms with Crippen LogP contribution in [0.3, 0.4) is 0 Å². The molecule has 1 amide bonds. The van der Waals surface area contributed by atoms with Gasteiger partial charge in [-0.1, -0.05) is 60.7 Å². The van der Waals surface area contributed by atoms with Crippen LogP contribution in [0.1, 0.15) is 10.4 Å². The zero-order valence-electron chi connectivity index (χ0n) is 16.3. The number of rotatable bonds is 5. The number of carbonyl (C=O) groups is 2. The number of amides is 1. The van der Waals surface area contributed by atoms with Gasteiger partial charge in [-0.3, -0.25) is 9.59 Å². The first-order chi connectivity index (χ1) is 14.7. The number of hydrogen-bond acceptors (Lipinski definition) is 5. The monoisotopic (exact) mass is 397 g/mol. The Balaban J connectivity index is 1.80. The van der Waals surface area contributed by atoms with Gasteiger partial charge >= 0.3 is 5.97 Å². The molecule has 1 N–H and O–H groups in total. The molecule has 6 nitrogen and oxygen atoms in total. The van der Waals surface area contributed by atoms with Gasteiger partial charge in [-0.15, -0.1) is 0 Å². The molecule has 0 saturated heterocycles. The van der Waals surface area contributed by atoms with E-state index in [0.717, 1.165) is 22.5 Å². The summed E-state index contributed by atoms with van der Waals surface area (Å²) in [5.41, 5.74) is 5.08. The number of fused-ring (bicyclic) bond motifs is 1. The summed E-state index contributed by atoms with van der Waals surface area (Å²) in [5.74, 6) is -0.889. The van der Waals surface area contributed by atoms with E-state index in [-0.39, 0.29) is 12.5 Å². The van der Waals surface area contributed by atoms with Crippen molar-refractivity contribution >= 4 is 22.9 Å². The topological polar surface area (TPSA) is 81.2 Å². The van der Waals surface area contributed by atoms with E-state index in [1.54, 1.807) is 18.2 Å². The minimum atomic E-state index is -0.511. The fraction of sp³-hybridized carbons (Fsp3) is 0.0833. The van der Waals surface area contributed by atoms with Crippen LogP contribution in [-0.4, -0.2) is 35.5 Å². The van der Waals surface area contributed by atoms with E-state index in [1.807, 2.05) is 60.7 Å². The molecule has 0 radical (unpaired) electrons. The SMILES string of the molecule is COC(=O)CNC(=O)c1ccc2nc(-c3ccccc3)c(-c3ccccc3)nc2c1. The van der Waals surface area contributed by atoms with Crippen LogP contribution in [-0.2, 0) is 9.53 Å². The number of methoxy groups -OCH3 is 1. The zero-order valence-corrected chi connectivity index (χ0v) is 16.3. The van der Waals surface area contributed by atoms with Crippen molar-refractivity contribution in [3.8, 4) is 22.5 Å². The van der Waals surface area contributed by atoms with Crippen LogP contribution in [0.4, 0.5) is 0 Å². The van der Waals surface area contributed by atoms with Gasteiger partial charge in [0.1, 0.15) is 6.54 Å². The Morgan fingerprint density at radius 1 is 0.800 bits per heavy atom. The summed E-state index contributed by atoms with van der Waals surface area (Å²) in [7, 11) is 1.27. The quantitative estimate of drug-likeness (QED) is 0.517. The number of aromatic nitrogens is 2. The standard InChI is InChI=1S/C24H19N3O3/c1-30-21(28)15-25-24(29)18-12-13-19-20(14-18)27-23(17-10-6-3-7-11-17)22(26-19)16-8-4-2-5-9-16/h2-14H,15H2,1H3,(H,25,29). The maximum Gasteiger partial charge on any atom is 0.325 e. The number of benzene rings is 3. The molecule has 148 valence electrons. The molecule has 1 heterocycles. The van der Waals surface area contributed by atoms with E-state index in [2.05, 4.69) is 10.1 Å². The fourth-order valence-corrected chi connectivity index (χ4v) is 3.12. The Morgan fingerprint density at radius 2 is 1.37 bits per heavy atom. The lowest BCUT2D eigenvalue weighted by molar-refractivity contribution is -0.139. The van der Waals surface area contributed by atoms with E-state index < -0.39 is 5.97 Å². The second-order valence-corrected chi connectivity index (χ2v) is 6.62. The van der Waals surface area contributed by atoms with Gasteiger partial charge in [0.05, 0.1) is 29.5 Å². The minimum Gasteiger partial charge on any atom is -0.468 e. The van der Waals surface area contributed by atoms with Crippen LogP contribution in [0.15, 0.2) is 78.9 Å². The molecule has 4 rings (SSSR count). The molecule has 3 aromatic carbocycles. The van der Waals surface area contributed by atoms with Gasteiger partial charge in [-0.2, -0.15) is 0 Å². The lowest BCUT2D eigenvalue weighted by Gasteiger charge is -2.11. The molecule has 4 aromatic rings. The highest BCUT2D eigenvalue weighted by molar-refractivity contribution is 5.99. The smallest absolute Gasteiger partial charge is 0.325 e. The summed E-state index contributed by atoms with van der Waals surface area (Å²) < 4.78 is 4.55. The lowest BCUT2D eigenvalue weighted by atomic mass is 10.0. The molecular weight excluding hydrogens is 378 g/mol. The van der Waals surface area contributed by atoms with Crippen LogP contribution in [0.5, 0.6) is 0 Å². The van der Waals surface area contributed by atoms with Crippen molar-refractivity contribution < 1.29 is 14.3 Å². The van der Waals surface area contributed by atoms with Crippen LogP contribution >= 0.6 is 0 Å². The number of ether oxygens (including phenoxy) is 1. The second-order valence-electron chi connectivity index (χ2n) is 6.62. The van der Waals surface area contributed by atoms with Gasteiger partial charge in [-0.25, -0.2) is 9.97 Å². The molecule has 0 fully saturated rings. The molecule has 0 aliphatic carbocycles. The van der Waals surface area contributed by atoms with Gasteiger partial charge in [0.2, 0.25) is 0 Å². The summed E-state index contributed by atoms with van der Waals surface area (Å²) in [5, 5.41) is 2.54. The highest BCUT2D eigenvalue weighted by Crippen LogP contribution is 2.31. The summed E-state index contributed by atoms with van der Waals surface area (Å²) in [6.45, 7) is -0.193. The molecule has 6 heteroatoms. The third kappa shape index (κ3) is 4.03. The predicted molar refractivity (Wildman–Crippen MR) is 115 cm³/mol. The highest BCUT2D eigenvalue weighted by Gasteiger charge is 2.15. The van der Waals surface area contributed by atoms with E-state index in [4.69, 9.17) is 9.97 Å². The summed E-state index contributed by atoms with van der Waals surface area (Å²) in [6, 6.07) is 24.8. The van der Waals surface area contributed by atoms with E-state index in [0.29, 0.717) is 16.6 Å². The largest absolute Gasteiger partial charge is 0.468 e.